The van der Waals surface area contributed by atoms with Crippen molar-refractivity contribution in [3.8, 4) is 17.2 Å². The van der Waals surface area contributed by atoms with Gasteiger partial charge in [0, 0.05) is 12.6 Å². The first-order valence-corrected chi connectivity index (χ1v) is 10.7. The predicted octanol–water partition coefficient (Wildman–Crippen LogP) is 2.99. The number of nitrogens with zero attached hydrogens (tertiary/aromatic N) is 1. The molecule has 8 heteroatoms. The Balaban J connectivity index is 2.20. The number of rotatable bonds is 10. The third-order valence-electron chi connectivity index (χ3n) is 4.23. The van der Waals surface area contributed by atoms with Gasteiger partial charge < -0.3 is 14.3 Å². The van der Waals surface area contributed by atoms with Gasteiger partial charge in [-0.1, -0.05) is 18.2 Å². The van der Waals surface area contributed by atoms with Crippen molar-refractivity contribution in [1.29, 1.82) is 0 Å². The van der Waals surface area contributed by atoms with Crippen molar-refractivity contribution in [2.45, 2.75) is 38.1 Å². The van der Waals surface area contributed by atoms with E-state index in [1.807, 2.05) is 56.2 Å². The van der Waals surface area contributed by atoms with Crippen molar-refractivity contribution in [2.75, 3.05) is 20.3 Å². The molecule has 154 valence electrons. The average molecular weight is 409 g/mol. The van der Waals surface area contributed by atoms with E-state index in [9.17, 15) is 8.42 Å². The number of sulfonamides is 1. The van der Waals surface area contributed by atoms with E-state index in [0.29, 0.717) is 31.1 Å². The molecule has 28 heavy (non-hydrogen) atoms. The van der Waals surface area contributed by atoms with Crippen LogP contribution >= 0.6 is 0 Å². The maximum atomic E-state index is 11.8. The number of nitrogens with two attached hydrogens (primary N) is 1. The minimum absolute atomic E-state index is 0.0228. The average Bonchev–Trinajstić information content (AvgIpc) is 2.66. The first-order valence-electron chi connectivity index (χ1n) is 9.16. The van der Waals surface area contributed by atoms with Gasteiger partial charge >= 0.3 is 0 Å². The zero-order valence-electron chi connectivity index (χ0n) is 16.7. The van der Waals surface area contributed by atoms with Crippen LogP contribution in [0.1, 0.15) is 26.3 Å². The Kier molecular flexibility index (Phi) is 7.68. The minimum atomic E-state index is -3.88. The summed E-state index contributed by atoms with van der Waals surface area (Å²) in [7, 11) is -2.47. The van der Waals surface area contributed by atoms with Crippen molar-refractivity contribution >= 4 is 10.0 Å². The minimum Gasteiger partial charge on any atom is -0.495 e. The van der Waals surface area contributed by atoms with Gasteiger partial charge in [-0.05, 0) is 57.0 Å². The monoisotopic (exact) mass is 408 g/mol. The highest BCUT2D eigenvalue weighted by atomic mass is 32.2. The quantitative estimate of drug-likeness (QED) is 0.608. The first-order chi connectivity index (χ1) is 13.3. The Morgan fingerprint density at radius 1 is 1.07 bits per heavy atom. The Hall–Kier alpha value is -2.29. The van der Waals surface area contributed by atoms with Crippen molar-refractivity contribution < 1.29 is 22.7 Å². The number of hydrogen-bond donors (Lipinski definition) is 1. The number of primary sulfonamides is 1. The molecule has 2 rings (SSSR count). The summed E-state index contributed by atoms with van der Waals surface area (Å²) in [5.74, 6) is 1.54. The fourth-order valence-electron chi connectivity index (χ4n) is 2.91. The third kappa shape index (κ3) is 5.60. The van der Waals surface area contributed by atoms with Gasteiger partial charge in [-0.15, -0.1) is 5.06 Å². The molecule has 0 spiro atoms. The Labute approximate surface area is 167 Å². The number of para-hydroxylation sites is 2. The van der Waals surface area contributed by atoms with Crippen molar-refractivity contribution in [3.05, 3.63) is 48.0 Å². The molecule has 7 nitrogen and oxygen atoms in total. The second kappa shape index (κ2) is 9.77. The lowest BCUT2D eigenvalue weighted by Crippen LogP contribution is -2.37. The number of hydrogen-bond acceptors (Lipinski definition) is 6. The zero-order valence-corrected chi connectivity index (χ0v) is 17.5. The van der Waals surface area contributed by atoms with Crippen LogP contribution < -0.4 is 19.5 Å². The maximum absolute atomic E-state index is 11.8. The van der Waals surface area contributed by atoms with E-state index in [0.717, 1.165) is 5.56 Å². The lowest BCUT2D eigenvalue weighted by atomic mass is 10.1. The van der Waals surface area contributed by atoms with Gasteiger partial charge in [0.1, 0.15) is 10.6 Å². The maximum Gasteiger partial charge on any atom is 0.241 e. The van der Waals surface area contributed by atoms with E-state index in [4.69, 9.17) is 19.5 Å². The summed E-state index contributed by atoms with van der Waals surface area (Å²) in [4.78, 5) is 6.04. The van der Waals surface area contributed by atoms with E-state index in [-0.39, 0.29) is 16.7 Å². The van der Waals surface area contributed by atoms with Crippen LogP contribution in [0.15, 0.2) is 47.4 Å². The van der Waals surface area contributed by atoms with Crippen LogP contribution in [0.3, 0.4) is 0 Å². The third-order valence-corrected chi connectivity index (χ3v) is 5.17. The molecule has 0 aliphatic rings. The molecule has 2 aromatic carbocycles. The lowest BCUT2D eigenvalue weighted by Gasteiger charge is -2.28. The molecule has 0 heterocycles. The summed E-state index contributed by atoms with van der Waals surface area (Å²) >= 11 is 0. The Bertz CT molecular complexity index is 886. The van der Waals surface area contributed by atoms with Gasteiger partial charge in [0.15, 0.2) is 11.5 Å². The Morgan fingerprint density at radius 2 is 1.75 bits per heavy atom. The van der Waals surface area contributed by atoms with Crippen molar-refractivity contribution in [1.82, 2.24) is 5.06 Å². The SMILES string of the molecule is CCOc1ccccc1ON(CC)[C@H](C)Cc1ccc(OC)c(S(N)(=O)=O)c1. The molecule has 0 bridgehead atoms. The van der Waals surface area contributed by atoms with Gasteiger partial charge in [-0.25, -0.2) is 13.6 Å². The van der Waals surface area contributed by atoms with Gasteiger partial charge in [0.25, 0.3) is 0 Å². The number of benzene rings is 2. The molecule has 0 aliphatic carbocycles. The normalized spacial score (nSPS) is 12.6. The second-order valence-corrected chi connectivity index (χ2v) is 7.82. The molecule has 0 saturated heterocycles. The summed E-state index contributed by atoms with van der Waals surface area (Å²) < 4.78 is 34.4. The summed E-state index contributed by atoms with van der Waals surface area (Å²) in [5, 5.41) is 7.14. The number of likely N-dealkylation sites (N-methyl/N-ethyl adjacent to an activating group) is 1. The molecule has 0 amide bonds. The second-order valence-electron chi connectivity index (χ2n) is 6.29. The molecular formula is C20H28N2O5S. The first kappa shape index (κ1) is 22.0. The fraction of sp³-hybridized carbons (Fsp3) is 0.400. The summed E-state index contributed by atoms with van der Waals surface area (Å²) in [6.45, 7) is 7.10. The van der Waals surface area contributed by atoms with Crippen LogP contribution in [-0.4, -0.2) is 39.8 Å². The number of ether oxygens (including phenoxy) is 2. The standard InChI is InChI=1S/C20H28N2O5S/c1-5-22(27-18-10-8-7-9-17(18)26-6-2)15(3)13-16-11-12-19(25-4)20(14-16)28(21,23)24/h7-12,14-15H,5-6,13H2,1-4H3,(H2,21,23,24)/t15-/m1/s1. The topological polar surface area (TPSA) is 91.1 Å². The molecule has 0 radical (unpaired) electrons. The highest BCUT2D eigenvalue weighted by Crippen LogP contribution is 2.29. The molecule has 2 N–H and O–H groups in total. The van der Waals surface area contributed by atoms with Gasteiger partial charge in [0.05, 0.1) is 13.7 Å². The zero-order chi connectivity index (χ0) is 20.7. The smallest absolute Gasteiger partial charge is 0.241 e. The van der Waals surface area contributed by atoms with Crippen LogP contribution in [-0.2, 0) is 16.4 Å². The summed E-state index contributed by atoms with van der Waals surface area (Å²) in [5.41, 5.74) is 0.817. The van der Waals surface area contributed by atoms with E-state index in [1.165, 1.54) is 7.11 Å². The van der Waals surface area contributed by atoms with E-state index in [2.05, 4.69) is 0 Å². The Morgan fingerprint density at radius 3 is 2.32 bits per heavy atom. The molecular weight excluding hydrogens is 380 g/mol. The van der Waals surface area contributed by atoms with Crippen LogP contribution in [0.4, 0.5) is 0 Å². The van der Waals surface area contributed by atoms with Crippen LogP contribution in [0.25, 0.3) is 0 Å². The van der Waals surface area contributed by atoms with Gasteiger partial charge in [-0.3, -0.25) is 0 Å². The molecule has 0 saturated carbocycles. The number of methoxy groups -OCH3 is 1. The lowest BCUT2D eigenvalue weighted by molar-refractivity contribution is -0.0874. The van der Waals surface area contributed by atoms with Crippen molar-refractivity contribution in [2.24, 2.45) is 5.14 Å². The van der Waals surface area contributed by atoms with E-state index < -0.39 is 10.0 Å². The van der Waals surface area contributed by atoms with Gasteiger partial charge in [-0.2, -0.15) is 0 Å². The van der Waals surface area contributed by atoms with Gasteiger partial charge in [0.2, 0.25) is 10.0 Å². The highest BCUT2D eigenvalue weighted by molar-refractivity contribution is 7.89. The molecule has 0 aromatic heterocycles. The molecule has 1 atom stereocenters. The van der Waals surface area contributed by atoms with Crippen LogP contribution in [0.2, 0.25) is 0 Å². The largest absolute Gasteiger partial charge is 0.495 e. The van der Waals surface area contributed by atoms with Crippen LogP contribution in [0.5, 0.6) is 17.2 Å². The van der Waals surface area contributed by atoms with Crippen molar-refractivity contribution in [3.63, 3.8) is 0 Å². The van der Waals surface area contributed by atoms with Crippen LogP contribution in [0, 0.1) is 0 Å². The molecule has 0 fully saturated rings. The number of hydroxylamine groups is 2. The molecule has 0 aliphatic heterocycles. The fourth-order valence-corrected chi connectivity index (χ4v) is 3.65. The van der Waals surface area contributed by atoms with E-state index >= 15 is 0 Å². The summed E-state index contributed by atoms with van der Waals surface area (Å²) in [6, 6.07) is 12.5. The molecule has 2 aromatic rings. The molecule has 0 unspecified atom stereocenters. The van der Waals surface area contributed by atoms with E-state index in [1.54, 1.807) is 12.1 Å². The predicted molar refractivity (Wildman–Crippen MR) is 108 cm³/mol. The highest BCUT2D eigenvalue weighted by Gasteiger charge is 2.20. The summed E-state index contributed by atoms with van der Waals surface area (Å²) in [6.07, 6.45) is 0.567.